The Hall–Kier alpha value is -1.55. The zero-order valence-electron chi connectivity index (χ0n) is 20.6. The van der Waals surface area contributed by atoms with Crippen LogP contribution in [0.2, 0.25) is 0 Å². The molecule has 0 aromatic rings. The molecule has 4 heterocycles. The number of ether oxygens (including phenoxy) is 1. The van der Waals surface area contributed by atoms with Crippen LogP contribution < -0.4 is 11.1 Å². The van der Waals surface area contributed by atoms with Gasteiger partial charge >= 0.3 is 0 Å². The van der Waals surface area contributed by atoms with Crippen LogP contribution in [0.4, 0.5) is 4.39 Å². The molecule has 0 radical (unpaired) electrons. The van der Waals surface area contributed by atoms with Crippen LogP contribution >= 0.6 is 0 Å². The number of nitrogens with two attached hydrogens (primary N) is 1. The molecule has 35 heavy (non-hydrogen) atoms. The van der Waals surface area contributed by atoms with Crippen molar-refractivity contribution in [3.05, 3.63) is 11.8 Å². The molecule has 2 saturated carbocycles. The highest BCUT2D eigenvalue weighted by Gasteiger charge is 2.59. The lowest BCUT2D eigenvalue weighted by molar-refractivity contribution is -0.209. The van der Waals surface area contributed by atoms with E-state index < -0.39 is 12.1 Å². The van der Waals surface area contributed by atoms with Gasteiger partial charge in [0.1, 0.15) is 6.17 Å². The van der Waals surface area contributed by atoms with Crippen molar-refractivity contribution in [2.45, 2.75) is 93.9 Å². The highest BCUT2D eigenvalue weighted by Crippen LogP contribution is 2.47. The van der Waals surface area contributed by atoms with Crippen LogP contribution in [0.1, 0.15) is 51.4 Å². The largest absolute Gasteiger partial charge is 0.369 e. The smallest absolute Gasteiger partial charge is 0.256 e. The number of carbonyl (C=O) groups excluding carboxylic acids is 2. The minimum Gasteiger partial charge on any atom is -0.369 e. The predicted octanol–water partition coefficient (Wildman–Crippen LogP) is 0.805. The number of nitrogens with one attached hydrogen (secondary N) is 1. The Morgan fingerprint density at radius 2 is 1.91 bits per heavy atom. The first-order valence-electron chi connectivity index (χ1n) is 13.8. The molecule has 3 N–H and O–H groups in total. The Morgan fingerprint density at radius 3 is 2.69 bits per heavy atom. The van der Waals surface area contributed by atoms with Gasteiger partial charge in [0.25, 0.3) is 5.91 Å². The van der Waals surface area contributed by atoms with Crippen LogP contribution in [0.3, 0.4) is 0 Å². The third-order valence-corrected chi connectivity index (χ3v) is 9.38. The molecule has 194 valence electrons. The highest BCUT2D eigenvalue weighted by atomic mass is 19.1. The van der Waals surface area contributed by atoms with E-state index in [1.807, 2.05) is 6.20 Å². The van der Waals surface area contributed by atoms with Crippen molar-refractivity contribution in [3.8, 4) is 0 Å². The van der Waals surface area contributed by atoms with Crippen molar-refractivity contribution in [1.29, 1.82) is 0 Å². The van der Waals surface area contributed by atoms with Crippen LogP contribution in [-0.2, 0) is 14.3 Å². The summed E-state index contributed by atoms with van der Waals surface area (Å²) in [6, 6.07) is -0.388. The van der Waals surface area contributed by atoms with Gasteiger partial charge in [-0.15, -0.1) is 0 Å². The van der Waals surface area contributed by atoms with Crippen molar-refractivity contribution in [1.82, 2.24) is 20.0 Å². The second-order valence-electron chi connectivity index (χ2n) is 11.5. The van der Waals surface area contributed by atoms with E-state index in [4.69, 9.17) is 10.5 Å². The molecule has 0 bridgehead atoms. The van der Waals surface area contributed by atoms with Gasteiger partial charge in [0.05, 0.1) is 35.9 Å². The van der Waals surface area contributed by atoms with Crippen LogP contribution in [0.25, 0.3) is 0 Å². The Kier molecular flexibility index (Phi) is 6.62. The number of likely N-dealkylation sites (tertiary alicyclic amines) is 2. The average molecular weight is 490 g/mol. The topological polar surface area (TPSA) is 91.1 Å². The van der Waals surface area contributed by atoms with E-state index in [9.17, 15) is 9.59 Å². The van der Waals surface area contributed by atoms with Gasteiger partial charge in [0.2, 0.25) is 0 Å². The number of rotatable bonds is 5. The maximum Gasteiger partial charge on any atom is 0.256 e. The van der Waals surface area contributed by atoms with Gasteiger partial charge in [-0.1, -0.05) is 12.8 Å². The van der Waals surface area contributed by atoms with Gasteiger partial charge in [0, 0.05) is 44.3 Å². The number of hydrogen-bond donors (Lipinski definition) is 2. The third-order valence-electron chi connectivity index (χ3n) is 9.38. The quantitative estimate of drug-likeness (QED) is 0.552. The van der Waals surface area contributed by atoms with E-state index in [2.05, 4.69) is 20.0 Å². The van der Waals surface area contributed by atoms with Crippen molar-refractivity contribution in [3.63, 3.8) is 0 Å². The summed E-state index contributed by atoms with van der Waals surface area (Å²) in [5, 5.41) is 2.98. The molecule has 1 amide bonds. The molecule has 8 nitrogen and oxygen atoms in total. The van der Waals surface area contributed by atoms with Gasteiger partial charge in [-0.3, -0.25) is 14.5 Å². The van der Waals surface area contributed by atoms with E-state index >= 15 is 4.39 Å². The molecule has 8 atom stereocenters. The summed E-state index contributed by atoms with van der Waals surface area (Å²) < 4.78 is 22.5. The molecule has 6 rings (SSSR count). The molecule has 0 aromatic heterocycles. The number of halogens is 1. The maximum absolute atomic E-state index is 15.8. The Morgan fingerprint density at radius 1 is 1.11 bits per heavy atom. The second-order valence-corrected chi connectivity index (χ2v) is 11.5. The van der Waals surface area contributed by atoms with Crippen molar-refractivity contribution in [2.24, 2.45) is 11.7 Å². The molecule has 2 aliphatic carbocycles. The molecule has 3 saturated heterocycles. The van der Waals surface area contributed by atoms with E-state index in [1.54, 1.807) is 0 Å². The van der Waals surface area contributed by atoms with E-state index in [1.165, 1.54) is 12.8 Å². The summed E-state index contributed by atoms with van der Waals surface area (Å²) in [4.78, 5) is 33.5. The molecule has 4 aliphatic heterocycles. The molecule has 5 fully saturated rings. The number of hydrogen-bond acceptors (Lipinski definition) is 7. The summed E-state index contributed by atoms with van der Waals surface area (Å²) in [7, 11) is 0. The zero-order chi connectivity index (χ0) is 24.1. The zero-order valence-corrected chi connectivity index (χ0v) is 20.6. The first-order valence-corrected chi connectivity index (χ1v) is 13.8. The fourth-order valence-electron chi connectivity index (χ4n) is 7.68. The summed E-state index contributed by atoms with van der Waals surface area (Å²) >= 11 is 0. The summed E-state index contributed by atoms with van der Waals surface area (Å²) in [5.41, 5.74) is 6.37. The van der Waals surface area contributed by atoms with Crippen LogP contribution in [0.15, 0.2) is 11.8 Å². The number of fused-ring (bicyclic) bond motifs is 2. The minimum atomic E-state index is -1.17. The number of morpholine rings is 1. The Balaban J connectivity index is 1.26. The SMILES string of the molecule is N[C@H]1CCN(C2C(F)CC3C(=O)C(C(=O)NCCN4CCCC4)=CN4C5CCCCC5OC2C34)C1. The number of alkyl halides is 1. The van der Waals surface area contributed by atoms with Crippen molar-refractivity contribution < 1.29 is 18.7 Å². The third kappa shape index (κ3) is 4.32. The number of amides is 1. The maximum atomic E-state index is 15.8. The summed E-state index contributed by atoms with van der Waals surface area (Å²) in [6.45, 7) is 4.91. The van der Waals surface area contributed by atoms with Crippen molar-refractivity contribution >= 4 is 11.7 Å². The lowest BCUT2D eigenvalue weighted by Crippen LogP contribution is -2.73. The summed E-state index contributed by atoms with van der Waals surface area (Å²) in [5.74, 6) is -1.08. The Labute approximate surface area is 207 Å². The monoisotopic (exact) mass is 489 g/mol. The van der Waals surface area contributed by atoms with Gasteiger partial charge in [-0.05, 0) is 51.6 Å². The van der Waals surface area contributed by atoms with Crippen LogP contribution in [0, 0.1) is 5.92 Å². The van der Waals surface area contributed by atoms with E-state index in [0.717, 1.165) is 58.3 Å². The summed E-state index contributed by atoms with van der Waals surface area (Å²) in [6.07, 6.45) is 7.82. The predicted molar refractivity (Wildman–Crippen MR) is 129 cm³/mol. The van der Waals surface area contributed by atoms with Gasteiger partial charge in [-0.2, -0.15) is 0 Å². The van der Waals surface area contributed by atoms with Gasteiger partial charge in [-0.25, -0.2) is 4.39 Å². The van der Waals surface area contributed by atoms with Crippen LogP contribution in [0.5, 0.6) is 0 Å². The molecular weight excluding hydrogens is 449 g/mol. The lowest BCUT2D eigenvalue weighted by atomic mass is 9.69. The standard InChI is InChI=1S/C26H40FN5O3/c27-19-13-17-22-25(23(19)31-11-7-16(28)14-31)35-21-6-2-1-5-20(21)32(22)15-18(24(17)33)26(34)29-8-12-30-9-3-4-10-30/h15-17,19-23,25H,1-14,28H2,(H,29,34)/t16-,17?,19?,20?,21?,22?,23?,25?/m0/s1. The second kappa shape index (κ2) is 9.72. The number of carbonyl (C=O) groups is 2. The molecule has 6 aliphatic rings. The highest BCUT2D eigenvalue weighted by molar-refractivity contribution is 6.20. The molecular formula is C26H40FN5O3. The van der Waals surface area contributed by atoms with Gasteiger partial charge < -0.3 is 25.6 Å². The van der Waals surface area contributed by atoms with Crippen LogP contribution in [-0.4, -0.2) is 108 Å². The molecule has 7 unspecified atom stereocenters. The first kappa shape index (κ1) is 23.8. The number of nitrogens with zero attached hydrogens (tertiary/aromatic N) is 3. The number of Topliss-reactive ketones (excluding diaryl/α,β-unsaturated/α-hetero) is 1. The molecule has 0 aromatic carbocycles. The lowest BCUT2D eigenvalue weighted by Gasteiger charge is -2.60. The van der Waals surface area contributed by atoms with E-state index in [0.29, 0.717) is 13.1 Å². The average Bonchev–Trinajstić information content (AvgIpc) is 3.52. The normalized spacial score (nSPS) is 41.9. The minimum absolute atomic E-state index is 0.0126. The fraction of sp³-hybridized carbons (Fsp3) is 0.846. The van der Waals surface area contributed by atoms with Crippen molar-refractivity contribution in [2.75, 3.05) is 39.3 Å². The van der Waals surface area contributed by atoms with Gasteiger partial charge in [0.15, 0.2) is 5.78 Å². The number of ketones is 1. The molecule has 0 spiro atoms. The first-order chi connectivity index (χ1) is 17.0. The van der Waals surface area contributed by atoms with E-state index in [-0.39, 0.29) is 60.1 Å². The Bertz CT molecular complexity index is 864. The molecule has 9 heteroatoms. The fourth-order valence-corrected chi connectivity index (χ4v) is 7.68.